The van der Waals surface area contributed by atoms with Gasteiger partial charge in [0, 0.05) is 21.0 Å². The molecule has 0 saturated carbocycles. The van der Waals surface area contributed by atoms with E-state index in [1.165, 1.54) is 21.0 Å². The van der Waals surface area contributed by atoms with Crippen LogP contribution in [0.15, 0.2) is 30.3 Å². The number of esters is 2. The van der Waals surface area contributed by atoms with Gasteiger partial charge in [0.15, 0.2) is 6.10 Å². The Balaban J connectivity index is 2.12. The van der Waals surface area contributed by atoms with Gasteiger partial charge in [-0.15, -0.1) is 0 Å². The van der Waals surface area contributed by atoms with Gasteiger partial charge in [-0.3, -0.25) is 9.59 Å². The lowest BCUT2D eigenvalue weighted by molar-refractivity contribution is -0.201. The molecule has 5 atom stereocenters. The minimum Gasteiger partial charge on any atom is -0.453 e. The number of carbonyl (C=O) groups excluding carboxylic acids is 2. The van der Waals surface area contributed by atoms with Crippen molar-refractivity contribution in [2.75, 3.05) is 7.11 Å². The minimum absolute atomic E-state index is 0.321. The van der Waals surface area contributed by atoms with Crippen molar-refractivity contribution < 1.29 is 33.3 Å². The van der Waals surface area contributed by atoms with Crippen molar-refractivity contribution in [1.29, 1.82) is 0 Å². The first kappa shape index (κ1) is 20.4. The van der Waals surface area contributed by atoms with Gasteiger partial charge in [0.2, 0.25) is 6.29 Å². The Morgan fingerprint density at radius 3 is 2.27 bits per heavy atom. The second-order valence-electron chi connectivity index (χ2n) is 6.10. The van der Waals surface area contributed by atoms with Gasteiger partial charge in [-0.05, 0) is 12.0 Å². The average Bonchev–Trinajstić information content (AvgIpc) is 2.92. The van der Waals surface area contributed by atoms with E-state index >= 15 is 0 Å². The maximum Gasteiger partial charge on any atom is 0.305 e. The molecular weight excluding hydrogens is 340 g/mol. The van der Waals surface area contributed by atoms with Gasteiger partial charge in [0.25, 0.3) is 0 Å². The van der Waals surface area contributed by atoms with Crippen molar-refractivity contribution in [3.8, 4) is 0 Å². The monoisotopic (exact) mass is 366 g/mol. The molecule has 1 aromatic rings. The summed E-state index contributed by atoms with van der Waals surface area (Å²) in [6.45, 7) is 4.93. The predicted molar refractivity (Wildman–Crippen MR) is 92.1 cm³/mol. The molecule has 1 saturated heterocycles. The standard InChI is InChI=1S/C19H26O7/c1-5-15(23-11-14-9-7-6-8-10-14)16-17(22-4)18(24-12(2)20)19(26-16)25-13(3)21/h6-10,15-19H,5,11H2,1-4H3/t15-,16-,17-,18-,19?/m1/s1. The van der Waals surface area contributed by atoms with Crippen LogP contribution >= 0.6 is 0 Å². The van der Waals surface area contributed by atoms with Crippen LogP contribution in [-0.2, 0) is 39.9 Å². The molecule has 0 N–H and O–H groups in total. The number of hydrogen-bond acceptors (Lipinski definition) is 7. The van der Waals surface area contributed by atoms with Crippen molar-refractivity contribution in [1.82, 2.24) is 0 Å². The molecule has 1 aliphatic rings. The van der Waals surface area contributed by atoms with E-state index in [1.807, 2.05) is 37.3 Å². The minimum atomic E-state index is -1.03. The smallest absolute Gasteiger partial charge is 0.305 e. The quantitative estimate of drug-likeness (QED) is 0.653. The molecule has 0 radical (unpaired) electrons. The van der Waals surface area contributed by atoms with Crippen molar-refractivity contribution in [3.05, 3.63) is 35.9 Å². The molecule has 0 spiro atoms. The van der Waals surface area contributed by atoms with Crippen LogP contribution in [0.25, 0.3) is 0 Å². The summed E-state index contributed by atoms with van der Waals surface area (Å²) < 4.78 is 27.8. The molecule has 1 heterocycles. The lowest BCUT2D eigenvalue weighted by atomic mass is 10.0. The molecule has 0 aliphatic carbocycles. The van der Waals surface area contributed by atoms with E-state index in [-0.39, 0.29) is 6.10 Å². The lowest BCUT2D eigenvalue weighted by Crippen LogP contribution is -2.43. The van der Waals surface area contributed by atoms with Crippen LogP contribution in [0, 0.1) is 0 Å². The van der Waals surface area contributed by atoms with E-state index in [0.29, 0.717) is 13.0 Å². The van der Waals surface area contributed by atoms with Crippen LogP contribution in [0.4, 0.5) is 0 Å². The van der Waals surface area contributed by atoms with Gasteiger partial charge < -0.3 is 23.7 Å². The number of ether oxygens (including phenoxy) is 5. The van der Waals surface area contributed by atoms with Crippen molar-refractivity contribution in [2.24, 2.45) is 0 Å². The zero-order valence-corrected chi connectivity index (χ0v) is 15.5. The van der Waals surface area contributed by atoms with E-state index < -0.39 is 36.5 Å². The van der Waals surface area contributed by atoms with Gasteiger partial charge >= 0.3 is 11.9 Å². The lowest BCUT2D eigenvalue weighted by Gasteiger charge is -2.27. The number of hydrogen-bond donors (Lipinski definition) is 0. The summed E-state index contributed by atoms with van der Waals surface area (Å²) in [5, 5.41) is 0. The van der Waals surface area contributed by atoms with Crippen molar-refractivity contribution in [3.63, 3.8) is 0 Å². The maximum absolute atomic E-state index is 11.4. The second-order valence-corrected chi connectivity index (χ2v) is 6.10. The molecular formula is C19H26O7. The molecule has 0 bridgehead atoms. The summed E-state index contributed by atoms with van der Waals surface area (Å²) in [6, 6.07) is 9.77. The average molecular weight is 366 g/mol. The summed E-state index contributed by atoms with van der Waals surface area (Å²) in [4.78, 5) is 22.8. The van der Waals surface area contributed by atoms with Crippen LogP contribution in [-0.4, -0.2) is 49.8 Å². The highest BCUT2D eigenvalue weighted by atomic mass is 16.7. The van der Waals surface area contributed by atoms with E-state index in [0.717, 1.165) is 5.56 Å². The van der Waals surface area contributed by atoms with Gasteiger partial charge in [-0.1, -0.05) is 37.3 Å². The molecule has 2 rings (SSSR count). The Morgan fingerprint density at radius 2 is 1.73 bits per heavy atom. The Hall–Kier alpha value is -1.96. The Kier molecular flexibility index (Phi) is 7.56. The van der Waals surface area contributed by atoms with Gasteiger partial charge in [0.1, 0.15) is 12.2 Å². The third-order valence-corrected chi connectivity index (χ3v) is 4.14. The fraction of sp³-hybridized carbons (Fsp3) is 0.579. The molecule has 7 heteroatoms. The molecule has 1 unspecified atom stereocenters. The highest BCUT2D eigenvalue weighted by molar-refractivity contribution is 5.67. The zero-order chi connectivity index (χ0) is 19.1. The largest absolute Gasteiger partial charge is 0.453 e. The fourth-order valence-corrected chi connectivity index (χ4v) is 3.01. The van der Waals surface area contributed by atoms with Crippen LogP contribution in [0.5, 0.6) is 0 Å². The van der Waals surface area contributed by atoms with Crippen LogP contribution in [0.2, 0.25) is 0 Å². The topological polar surface area (TPSA) is 80.3 Å². The summed E-state index contributed by atoms with van der Waals surface area (Å²) in [5.74, 6) is -1.03. The van der Waals surface area contributed by atoms with Gasteiger partial charge in [-0.2, -0.15) is 0 Å². The Bertz CT molecular complexity index is 589. The molecule has 0 aromatic heterocycles. The zero-order valence-electron chi connectivity index (χ0n) is 15.5. The van der Waals surface area contributed by atoms with Crippen LogP contribution in [0.1, 0.15) is 32.8 Å². The molecule has 1 aliphatic heterocycles. The molecule has 1 aromatic carbocycles. The number of rotatable bonds is 8. The Labute approximate surface area is 153 Å². The molecule has 7 nitrogen and oxygen atoms in total. The van der Waals surface area contributed by atoms with Crippen LogP contribution < -0.4 is 0 Å². The van der Waals surface area contributed by atoms with Crippen molar-refractivity contribution in [2.45, 2.75) is 64.5 Å². The highest BCUT2D eigenvalue weighted by Crippen LogP contribution is 2.31. The maximum atomic E-state index is 11.4. The molecule has 26 heavy (non-hydrogen) atoms. The third-order valence-electron chi connectivity index (χ3n) is 4.14. The molecule has 0 amide bonds. The van der Waals surface area contributed by atoms with E-state index in [9.17, 15) is 9.59 Å². The fourth-order valence-electron chi connectivity index (χ4n) is 3.01. The SMILES string of the molecule is CC[C@@H](OCc1ccccc1)[C@H]1OC(OC(C)=O)[C@H](OC(C)=O)[C@@H]1OC. The first-order valence-corrected chi connectivity index (χ1v) is 8.64. The predicted octanol–water partition coefficient (Wildman–Crippen LogP) is 2.22. The second kappa shape index (κ2) is 9.66. The summed E-state index contributed by atoms with van der Waals surface area (Å²) in [5.41, 5.74) is 1.03. The Morgan fingerprint density at radius 1 is 1.08 bits per heavy atom. The summed E-state index contributed by atoms with van der Waals surface area (Å²) in [6.07, 6.45) is -2.69. The molecule has 144 valence electrons. The number of benzene rings is 1. The van der Waals surface area contributed by atoms with E-state index in [2.05, 4.69) is 0 Å². The van der Waals surface area contributed by atoms with E-state index in [4.69, 9.17) is 23.7 Å². The van der Waals surface area contributed by atoms with Gasteiger partial charge in [-0.25, -0.2) is 0 Å². The van der Waals surface area contributed by atoms with E-state index in [1.54, 1.807) is 0 Å². The summed E-state index contributed by atoms with van der Waals surface area (Å²) >= 11 is 0. The molecule has 1 fully saturated rings. The van der Waals surface area contributed by atoms with Crippen molar-refractivity contribution >= 4 is 11.9 Å². The summed E-state index contributed by atoms with van der Waals surface area (Å²) in [7, 11) is 1.50. The highest BCUT2D eigenvalue weighted by Gasteiger charge is 2.52. The first-order chi connectivity index (χ1) is 12.5. The normalized spacial score (nSPS) is 26.3. The van der Waals surface area contributed by atoms with Crippen LogP contribution in [0.3, 0.4) is 0 Å². The number of methoxy groups -OCH3 is 1. The third kappa shape index (κ3) is 5.27. The number of carbonyl (C=O) groups is 2. The first-order valence-electron chi connectivity index (χ1n) is 8.64. The van der Waals surface area contributed by atoms with Gasteiger partial charge in [0.05, 0.1) is 12.7 Å².